The molecule has 3 rings (SSSR count). The number of benzene rings is 1. The van der Waals surface area contributed by atoms with Crippen molar-refractivity contribution >= 4 is 0 Å². The van der Waals surface area contributed by atoms with Crippen molar-refractivity contribution < 1.29 is 9.84 Å². The number of ether oxygens (including phenoxy) is 1. The number of phenolic OH excluding ortho intramolecular Hbond substituents is 1. The molecule has 17 heavy (non-hydrogen) atoms. The predicted molar refractivity (Wildman–Crippen MR) is 65.4 cm³/mol. The summed E-state index contributed by atoms with van der Waals surface area (Å²) < 4.78 is 5.14. The number of aryl methyl sites for hydroxylation is 1. The number of aromatic hydroxyl groups is 1. The van der Waals surface area contributed by atoms with Crippen LogP contribution >= 0.6 is 0 Å². The number of rotatable bonds is 1. The molecule has 86 valence electrons. The summed E-state index contributed by atoms with van der Waals surface area (Å²) in [5, 5.41) is 10.2. The van der Waals surface area contributed by atoms with E-state index in [1.54, 1.807) is 13.2 Å². The number of nitrogens with zero attached hydrogens (tertiary/aromatic N) is 1. The lowest BCUT2D eigenvalue weighted by Crippen LogP contribution is -1.89. The summed E-state index contributed by atoms with van der Waals surface area (Å²) in [5.74, 6) is 0.696. The van der Waals surface area contributed by atoms with Crippen LogP contribution in [0, 0.1) is 6.92 Å². The largest absolute Gasteiger partial charge is 0.504 e. The average molecular weight is 227 g/mol. The van der Waals surface area contributed by atoms with E-state index in [0.717, 1.165) is 34.5 Å². The Morgan fingerprint density at radius 3 is 2.71 bits per heavy atom. The van der Waals surface area contributed by atoms with Gasteiger partial charge in [0.25, 0.3) is 0 Å². The van der Waals surface area contributed by atoms with Gasteiger partial charge in [-0.1, -0.05) is 12.1 Å². The van der Waals surface area contributed by atoms with Gasteiger partial charge in [-0.3, -0.25) is 4.98 Å². The molecule has 0 aliphatic heterocycles. The van der Waals surface area contributed by atoms with Crippen molar-refractivity contribution in [2.24, 2.45) is 0 Å². The van der Waals surface area contributed by atoms with Crippen molar-refractivity contribution in [3.63, 3.8) is 0 Å². The van der Waals surface area contributed by atoms with Gasteiger partial charge >= 0.3 is 0 Å². The van der Waals surface area contributed by atoms with Crippen LogP contribution in [0.1, 0.15) is 16.8 Å². The standard InChI is InChI=1S/C14H13NO2/c1-8-3-4-10-7-9-5-6-11(17-2)14(16)12(9)13(10)15-8/h3-6,16H,7H2,1-2H3. The van der Waals surface area contributed by atoms with Crippen LogP contribution in [0.4, 0.5) is 0 Å². The number of fused-ring (bicyclic) bond motifs is 3. The highest BCUT2D eigenvalue weighted by Gasteiger charge is 2.25. The third-order valence-corrected chi connectivity index (χ3v) is 3.18. The first-order chi connectivity index (χ1) is 8.20. The fourth-order valence-electron chi connectivity index (χ4n) is 2.34. The van der Waals surface area contributed by atoms with Crippen molar-refractivity contribution in [2.45, 2.75) is 13.3 Å². The summed E-state index contributed by atoms with van der Waals surface area (Å²) in [5.41, 5.74) is 4.93. The zero-order valence-electron chi connectivity index (χ0n) is 9.82. The van der Waals surface area contributed by atoms with Gasteiger partial charge in [-0.25, -0.2) is 0 Å². The third kappa shape index (κ3) is 1.39. The Kier molecular flexibility index (Phi) is 2.08. The summed E-state index contributed by atoms with van der Waals surface area (Å²) in [6.07, 6.45) is 0.829. The fourth-order valence-corrected chi connectivity index (χ4v) is 2.34. The highest BCUT2D eigenvalue weighted by molar-refractivity contribution is 5.81. The Balaban J connectivity index is 2.29. The molecule has 1 N–H and O–H groups in total. The molecule has 2 aromatic rings. The van der Waals surface area contributed by atoms with Crippen LogP contribution in [0.2, 0.25) is 0 Å². The van der Waals surface area contributed by atoms with Gasteiger partial charge in [-0.15, -0.1) is 0 Å². The van der Waals surface area contributed by atoms with Gasteiger partial charge in [0, 0.05) is 17.7 Å². The molecule has 0 saturated heterocycles. The molecule has 0 unspecified atom stereocenters. The topological polar surface area (TPSA) is 42.4 Å². The van der Waals surface area contributed by atoms with E-state index in [1.165, 1.54) is 0 Å². The maximum absolute atomic E-state index is 10.2. The van der Waals surface area contributed by atoms with Crippen LogP contribution in [-0.4, -0.2) is 17.2 Å². The molecule has 0 atom stereocenters. The lowest BCUT2D eigenvalue weighted by molar-refractivity contribution is 0.374. The van der Waals surface area contributed by atoms with Crippen molar-refractivity contribution in [1.29, 1.82) is 0 Å². The highest BCUT2D eigenvalue weighted by atomic mass is 16.5. The summed E-state index contributed by atoms with van der Waals surface area (Å²) in [7, 11) is 1.56. The Labute approximate surface area is 99.7 Å². The molecule has 1 aromatic heterocycles. The molecule has 1 aliphatic rings. The molecule has 0 spiro atoms. The van der Waals surface area contributed by atoms with E-state index in [4.69, 9.17) is 4.74 Å². The van der Waals surface area contributed by atoms with Gasteiger partial charge in [0.1, 0.15) is 0 Å². The second-order valence-electron chi connectivity index (χ2n) is 4.29. The number of hydrogen-bond acceptors (Lipinski definition) is 3. The monoisotopic (exact) mass is 227 g/mol. The number of methoxy groups -OCH3 is 1. The van der Waals surface area contributed by atoms with E-state index in [2.05, 4.69) is 11.1 Å². The molecule has 0 amide bonds. The second kappa shape index (κ2) is 3.48. The van der Waals surface area contributed by atoms with Crippen LogP contribution in [0.15, 0.2) is 24.3 Å². The van der Waals surface area contributed by atoms with E-state index < -0.39 is 0 Å². The molecule has 3 heteroatoms. The maximum atomic E-state index is 10.2. The zero-order valence-corrected chi connectivity index (χ0v) is 9.82. The first-order valence-electron chi connectivity index (χ1n) is 5.56. The molecule has 1 aromatic carbocycles. The number of aromatic nitrogens is 1. The SMILES string of the molecule is COc1ccc2c(c1O)-c1nc(C)ccc1C2. The minimum absolute atomic E-state index is 0.196. The second-order valence-corrected chi connectivity index (χ2v) is 4.29. The van der Waals surface area contributed by atoms with Gasteiger partial charge in [-0.05, 0) is 30.2 Å². The van der Waals surface area contributed by atoms with Crippen molar-refractivity contribution in [1.82, 2.24) is 4.98 Å². The smallest absolute Gasteiger partial charge is 0.167 e. The molecular formula is C14H13NO2. The molecule has 1 heterocycles. The summed E-state index contributed by atoms with van der Waals surface area (Å²) in [6.45, 7) is 1.95. The fraction of sp³-hybridized carbons (Fsp3) is 0.214. The Hall–Kier alpha value is -2.03. The lowest BCUT2D eigenvalue weighted by atomic mass is 10.1. The Bertz CT molecular complexity index is 605. The molecule has 1 aliphatic carbocycles. The molecule has 3 nitrogen and oxygen atoms in total. The van der Waals surface area contributed by atoms with Gasteiger partial charge in [0.05, 0.1) is 12.8 Å². The first kappa shape index (κ1) is 10.1. The lowest BCUT2D eigenvalue weighted by Gasteiger charge is -2.08. The van der Waals surface area contributed by atoms with Crippen LogP contribution in [0.3, 0.4) is 0 Å². The normalized spacial score (nSPS) is 12.1. The van der Waals surface area contributed by atoms with E-state index in [1.807, 2.05) is 19.1 Å². The quantitative estimate of drug-likeness (QED) is 0.695. The molecule has 0 bridgehead atoms. The van der Waals surface area contributed by atoms with Gasteiger partial charge < -0.3 is 9.84 Å². The summed E-state index contributed by atoms with van der Waals surface area (Å²) >= 11 is 0. The molecule has 0 saturated carbocycles. The number of phenols is 1. The van der Waals surface area contributed by atoms with Crippen LogP contribution in [0.5, 0.6) is 11.5 Å². The van der Waals surface area contributed by atoms with Crippen molar-refractivity contribution in [3.05, 3.63) is 41.1 Å². The maximum Gasteiger partial charge on any atom is 0.167 e. The number of pyridine rings is 1. The molecular weight excluding hydrogens is 214 g/mol. The summed E-state index contributed by atoms with van der Waals surface area (Å²) in [6, 6.07) is 7.86. The van der Waals surface area contributed by atoms with E-state index >= 15 is 0 Å². The minimum Gasteiger partial charge on any atom is -0.504 e. The molecule has 0 radical (unpaired) electrons. The van der Waals surface area contributed by atoms with Crippen molar-refractivity contribution in [2.75, 3.05) is 7.11 Å². The van der Waals surface area contributed by atoms with E-state index in [9.17, 15) is 5.11 Å². The van der Waals surface area contributed by atoms with Gasteiger partial charge in [0.15, 0.2) is 11.5 Å². The number of hydrogen-bond donors (Lipinski definition) is 1. The Morgan fingerprint density at radius 1 is 1.18 bits per heavy atom. The first-order valence-corrected chi connectivity index (χ1v) is 5.56. The summed E-state index contributed by atoms with van der Waals surface area (Å²) in [4.78, 5) is 4.52. The highest BCUT2D eigenvalue weighted by Crippen LogP contribution is 2.45. The van der Waals surface area contributed by atoms with E-state index in [-0.39, 0.29) is 5.75 Å². The predicted octanol–water partition coefficient (Wildman–Crippen LogP) is 2.68. The zero-order chi connectivity index (χ0) is 12.0. The van der Waals surface area contributed by atoms with Crippen LogP contribution in [0.25, 0.3) is 11.3 Å². The Morgan fingerprint density at radius 2 is 1.94 bits per heavy atom. The van der Waals surface area contributed by atoms with Crippen LogP contribution < -0.4 is 4.74 Å². The van der Waals surface area contributed by atoms with Gasteiger partial charge in [-0.2, -0.15) is 0 Å². The molecule has 0 fully saturated rings. The van der Waals surface area contributed by atoms with Gasteiger partial charge in [0.2, 0.25) is 0 Å². The van der Waals surface area contributed by atoms with E-state index in [0.29, 0.717) is 5.75 Å². The average Bonchev–Trinajstić information content (AvgIpc) is 2.68. The third-order valence-electron chi connectivity index (χ3n) is 3.18. The van der Waals surface area contributed by atoms with Crippen molar-refractivity contribution in [3.8, 4) is 22.8 Å². The van der Waals surface area contributed by atoms with Crippen LogP contribution in [-0.2, 0) is 6.42 Å². The minimum atomic E-state index is 0.196.